The molecule has 1 fully saturated rings. The van der Waals surface area contributed by atoms with E-state index in [-0.39, 0.29) is 0 Å². The Morgan fingerprint density at radius 1 is 0.533 bits per heavy atom. The number of hydrogen-bond donors (Lipinski definition) is 0. The molecule has 0 radical (unpaired) electrons. The molecule has 0 aromatic heterocycles. The number of rotatable bonds is 8. The van der Waals surface area contributed by atoms with Crippen LogP contribution in [0, 0.1) is 5.41 Å². The molecule has 0 aromatic carbocycles. The number of carbonyl (C=O) groups excluding carboxylic acids is 2. The maximum absolute atomic E-state index is 14.4. The van der Waals surface area contributed by atoms with E-state index in [0.717, 1.165) is 14.2 Å². The molecule has 176 valence electrons. The quantitative estimate of drug-likeness (QED) is 0.236. The van der Waals surface area contributed by atoms with E-state index in [2.05, 4.69) is 18.9 Å². The highest BCUT2D eigenvalue weighted by molar-refractivity contribution is 6.03. The van der Waals surface area contributed by atoms with Gasteiger partial charge in [0.2, 0.25) is 0 Å². The molecule has 1 aliphatic carbocycles. The minimum absolute atomic E-state index is 0.749. The minimum atomic E-state index is -7.38. The first-order valence-corrected chi connectivity index (χ1v) is 7.68. The molecule has 0 spiro atoms. The smallest absolute Gasteiger partial charge is 0.384 e. The Hall–Kier alpha value is -1.84. The molecule has 1 rings (SSSR count). The van der Waals surface area contributed by atoms with Crippen LogP contribution in [0.2, 0.25) is 0 Å². The molecule has 0 bridgehead atoms. The van der Waals surface area contributed by atoms with E-state index in [0.29, 0.717) is 0 Å². The topological polar surface area (TPSA) is 71.1 Å². The Balaban J connectivity index is 3.85. The summed E-state index contributed by atoms with van der Waals surface area (Å²) in [7, 11) is 1.82. The lowest BCUT2D eigenvalue weighted by Crippen LogP contribution is -2.85. The predicted molar refractivity (Wildman–Crippen MR) is 72.8 cm³/mol. The lowest BCUT2D eigenvalue weighted by molar-refractivity contribution is -0.474. The fraction of sp³-hybridized carbons (Fsp3) is 0.857. The maximum atomic E-state index is 14.4. The number of esters is 2. The van der Waals surface area contributed by atoms with Crippen LogP contribution in [-0.4, -0.2) is 82.2 Å². The fourth-order valence-corrected chi connectivity index (χ4v) is 2.51. The van der Waals surface area contributed by atoms with E-state index in [1.807, 2.05) is 0 Å². The molecule has 0 unspecified atom stereocenters. The highest BCUT2D eigenvalue weighted by Crippen LogP contribution is 2.72. The van der Waals surface area contributed by atoms with Gasteiger partial charge in [0.05, 0.1) is 13.2 Å². The van der Waals surface area contributed by atoms with Gasteiger partial charge in [0.1, 0.15) is 13.2 Å². The van der Waals surface area contributed by atoms with E-state index in [9.17, 15) is 53.5 Å². The average Bonchev–Trinajstić information content (AvgIpc) is 2.60. The Kier molecular flexibility index (Phi) is 7.00. The summed E-state index contributed by atoms with van der Waals surface area (Å²) in [5.74, 6) is -42.9. The van der Waals surface area contributed by atoms with Gasteiger partial charge in [0, 0.05) is 14.2 Å². The van der Waals surface area contributed by atoms with Crippen molar-refractivity contribution in [3.8, 4) is 0 Å². The molecule has 1 aliphatic rings. The van der Waals surface area contributed by atoms with Crippen molar-refractivity contribution in [2.24, 2.45) is 5.41 Å². The van der Waals surface area contributed by atoms with E-state index in [1.165, 1.54) is 0 Å². The van der Waals surface area contributed by atoms with Crippen LogP contribution in [-0.2, 0) is 28.5 Å². The van der Waals surface area contributed by atoms with Gasteiger partial charge in [0.15, 0.2) is 0 Å². The van der Waals surface area contributed by atoms with Crippen molar-refractivity contribution in [2.45, 2.75) is 29.6 Å². The van der Waals surface area contributed by atoms with Crippen molar-refractivity contribution in [2.75, 3.05) is 40.6 Å². The molecule has 0 atom stereocenters. The van der Waals surface area contributed by atoms with Crippen molar-refractivity contribution in [1.29, 1.82) is 0 Å². The lowest BCUT2D eigenvalue weighted by atomic mass is 9.62. The number of methoxy groups -OCH3 is 2. The second-order valence-corrected chi connectivity index (χ2v) is 5.88. The van der Waals surface area contributed by atoms with Gasteiger partial charge >= 0.3 is 47.0 Å². The van der Waals surface area contributed by atoms with E-state index >= 15 is 0 Å². The van der Waals surface area contributed by atoms with Crippen LogP contribution in [0.4, 0.5) is 43.9 Å². The predicted octanol–water partition coefficient (Wildman–Crippen LogP) is 2.54. The fourth-order valence-electron chi connectivity index (χ4n) is 2.51. The zero-order chi connectivity index (χ0) is 23.8. The van der Waals surface area contributed by atoms with Crippen molar-refractivity contribution >= 4 is 11.9 Å². The SMILES string of the molecule is COCCOC(=O)C1(C(=O)OCCOC)C(F)(F)C(F)(F)C(F)(F)C(F)(F)C1(F)F. The number of carbonyl (C=O) groups is 2. The standard InChI is InChI=1S/C14H14F10O6/c1-27-3-5-29-7(25)9(8(26)30-6-4-28-2)10(15,16)12(19,20)14(23,24)13(21,22)11(9,17)18/h3-6H2,1-2H3. The second-order valence-electron chi connectivity index (χ2n) is 5.88. The van der Waals surface area contributed by atoms with Gasteiger partial charge in [-0.25, -0.2) is 0 Å². The Bertz CT molecular complexity index is 612. The third-order valence-electron chi connectivity index (χ3n) is 4.17. The van der Waals surface area contributed by atoms with E-state index in [1.54, 1.807) is 0 Å². The number of hydrogen-bond acceptors (Lipinski definition) is 6. The summed E-state index contributed by atoms with van der Waals surface area (Å²) >= 11 is 0. The van der Waals surface area contributed by atoms with Gasteiger partial charge in [-0.3, -0.25) is 9.59 Å². The van der Waals surface area contributed by atoms with E-state index in [4.69, 9.17) is 0 Å². The largest absolute Gasteiger partial charge is 0.462 e. The molecule has 6 nitrogen and oxygen atoms in total. The number of alkyl halides is 10. The summed E-state index contributed by atoms with van der Waals surface area (Å²) in [6.07, 6.45) is 0. The summed E-state index contributed by atoms with van der Waals surface area (Å²) in [5.41, 5.74) is -6.17. The first-order valence-electron chi connectivity index (χ1n) is 7.68. The highest BCUT2D eigenvalue weighted by Gasteiger charge is 3.04. The van der Waals surface area contributed by atoms with Crippen LogP contribution >= 0.6 is 0 Å². The zero-order valence-corrected chi connectivity index (χ0v) is 15.1. The molecule has 0 amide bonds. The van der Waals surface area contributed by atoms with Crippen LogP contribution in [0.15, 0.2) is 0 Å². The van der Waals surface area contributed by atoms with Gasteiger partial charge < -0.3 is 18.9 Å². The Labute approximate surface area is 161 Å². The minimum Gasteiger partial charge on any atom is -0.462 e. The van der Waals surface area contributed by atoms with Gasteiger partial charge in [-0.1, -0.05) is 0 Å². The van der Waals surface area contributed by atoms with Crippen molar-refractivity contribution in [1.82, 2.24) is 0 Å². The monoisotopic (exact) mass is 468 g/mol. The highest BCUT2D eigenvalue weighted by atomic mass is 19.4. The molecule has 0 aromatic rings. The molecule has 0 heterocycles. The average molecular weight is 468 g/mol. The van der Waals surface area contributed by atoms with Crippen LogP contribution < -0.4 is 0 Å². The first-order chi connectivity index (χ1) is 13.5. The van der Waals surface area contributed by atoms with E-state index < -0.39 is 73.4 Å². The molecular formula is C14H14F10O6. The van der Waals surface area contributed by atoms with Crippen molar-refractivity contribution < 1.29 is 72.4 Å². The zero-order valence-electron chi connectivity index (χ0n) is 15.1. The second kappa shape index (κ2) is 8.01. The molecular weight excluding hydrogens is 454 g/mol. The number of halogens is 10. The molecule has 0 aliphatic heterocycles. The van der Waals surface area contributed by atoms with Crippen LogP contribution in [0.5, 0.6) is 0 Å². The molecule has 0 saturated heterocycles. The summed E-state index contributed by atoms with van der Waals surface area (Å²) in [5, 5.41) is 0. The Morgan fingerprint density at radius 2 is 0.800 bits per heavy atom. The van der Waals surface area contributed by atoms with Crippen LogP contribution in [0.1, 0.15) is 0 Å². The van der Waals surface area contributed by atoms with Crippen LogP contribution in [0.25, 0.3) is 0 Å². The molecule has 1 saturated carbocycles. The third kappa shape index (κ3) is 3.01. The van der Waals surface area contributed by atoms with Crippen molar-refractivity contribution in [3.63, 3.8) is 0 Å². The van der Waals surface area contributed by atoms with Crippen LogP contribution in [0.3, 0.4) is 0 Å². The number of ether oxygens (including phenoxy) is 4. The lowest BCUT2D eigenvalue weighted by Gasteiger charge is -2.52. The normalized spacial score (nSPS) is 24.7. The maximum Gasteiger partial charge on any atom is 0.384 e. The van der Waals surface area contributed by atoms with Gasteiger partial charge in [-0.2, -0.15) is 43.9 Å². The van der Waals surface area contributed by atoms with Gasteiger partial charge in [-0.05, 0) is 0 Å². The molecule has 16 heteroatoms. The summed E-state index contributed by atoms with van der Waals surface area (Å²) in [6, 6.07) is 0. The third-order valence-corrected chi connectivity index (χ3v) is 4.17. The molecule has 30 heavy (non-hydrogen) atoms. The summed E-state index contributed by atoms with van der Waals surface area (Å²) in [6.45, 7) is -4.02. The van der Waals surface area contributed by atoms with Gasteiger partial charge in [-0.15, -0.1) is 0 Å². The van der Waals surface area contributed by atoms with Gasteiger partial charge in [0.25, 0.3) is 0 Å². The van der Waals surface area contributed by atoms with Crippen molar-refractivity contribution in [3.05, 3.63) is 0 Å². The summed E-state index contributed by atoms with van der Waals surface area (Å²) < 4.78 is 156. The molecule has 0 N–H and O–H groups in total. The summed E-state index contributed by atoms with van der Waals surface area (Å²) in [4.78, 5) is 24.0. The Morgan fingerprint density at radius 3 is 1.07 bits per heavy atom. The first kappa shape index (κ1) is 26.2.